The zero-order valence-corrected chi connectivity index (χ0v) is 12.1. The van der Waals surface area contributed by atoms with E-state index < -0.39 is 5.82 Å². The Kier molecular flexibility index (Phi) is 4.48. The minimum Gasteiger partial charge on any atom is -0.508 e. The number of aromatic hydroxyl groups is 1. The largest absolute Gasteiger partial charge is 0.508 e. The number of anilines is 2. The van der Waals surface area contributed by atoms with Crippen LogP contribution in [0.5, 0.6) is 5.75 Å². The van der Waals surface area contributed by atoms with Gasteiger partial charge in [-0.2, -0.15) is 0 Å². The Hall–Kier alpha value is -2.21. The normalized spacial score (nSPS) is 17.6. The zero-order valence-electron chi connectivity index (χ0n) is 12.1. The molecule has 1 unspecified atom stereocenters. The Morgan fingerprint density at radius 1 is 1.32 bits per heavy atom. The molecular formula is C16H18FN3O2. The summed E-state index contributed by atoms with van der Waals surface area (Å²) in [6, 6.07) is 6.52. The summed E-state index contributed by atoms with van der Waals surface area (Å²) in [5, 5.41) is 12.3. The van der Waals surface area contributed by atoms with Gasteiger partial charge in [0.05, 0.1) is 18.0 Å². The Morgan fingerprint density at radius 3 is 2.86 bits per heavy atom. The van der Waals surface area contributed by atoms with Gasteiger partial charge < -0.3 is 15.2 Å². The van der Waals surface area contributed by atoms with E-state index in [1.54, 1.807) is 24.3 Å². The minimum atomic E-state index is -0.394. The summed E-state index contributed by atoms with van der Waals surface area (Å²) in [4.78, 5) is 8.18. The van der Waals surface area contributed by atoms with Gasteiger partial charge in [-0.15, -0.1) is 0 Å². The maximum absolute atomic E-state index is 13.8. The number of nitrogens with zero attached hydrogens (tertiary/aromatic N) is 2. The molecule has 0 amide bonds. The summed E-state index contributed by atoms with van der Waals surface area (Å²) in [7, 11) is 0. The first-order valence-electron chi connectivity index (χ1n) is 7.40. The number of phenols is 1. The molecule has 22 heavy (non-hydrogen) atoms. The van der Waals surface area contributed by atoms with Crippen molar-refractivity contribution in [3.8, 4) is 5.75 Å². The number of nitrogens with one attached hydrogen (secondary N) is 1. The van der Waals surface area contributed by atoms with Crippen molar-refractivity contribution in [2.24, 2.45) is 0 Å². The molecule has 2 heterocycles. The number of benzene rings is 1. The number of rotatable bonds is 5. The highest BCUT2D eigenvalue weighted by Crippen LogP contribution is 2.20. The fourth-order valence-corrected chi connectivity index (χ4v) is 2.48. The smallest absolute Gasteiger partial charge is 0.227 e. The minimum absolute atomic E-state index is 0.183. The molecule has 0 bridgehead atoms. The molecule has 1 aromatic carbocycles. The molecule has 2 N–H and O–H groups in total. The summed E-state index contributed by atoms with van der Waals surface area (Å²) in [6.07, 6.45) is 4.80. The van der Waals surface area contributed by atoms with E-state index in [9.17, 15) is 9.50 Å². The van der Waals surface area contributed by atoms with Gasteiger partial charge in [-0.3, -0.25) is 0 Å². The van der Waals surface area contributed by atoms with Crippen molar-refractivity contribution in [2.45, 2.75) is 31.8 Å². The second kappa shape index (κ2) is 6.70. The van der Waals surface area contributed by atoms with Gasteiger partial charge >= 0.3 is 0 Å². The lowest BCUT2D eigenvalue weighted by molar-refractivity contribution is 0.104. The molecule has 6 heteroatoms. The highest BCUT2D eigenvalue weighted by molar-refractivity contribution is 5.54. The number of hydrogen-bond donors (Lipinski definition) is 2. The molecule has 1 aliphatic heterocycles. The van der Waals surface area contributed by atoms with Crippen molar-refractivity contribution >= 4 is 11.6 Å². The van der Waals surface area contributed by atoms with Crippen molar-refractivity contribution < 1.29 is 14.2 Å². The monoisotopic (exact) mass is 303 g/mol. The molecule has 116 valence electrons. The van der Waals surface area contributed by atoms with E-state index in [2.05, 4.69) is 15.3 Å². The predicted octanol–water partition coefficient (Wildman–Crippen LogP) is 3.18. The van der Waals surface area contributed by atoms with E-state index in [1.165, 1.54) is 6.20 Å². The molecule has 1 saturated heterocycles. The van der Waals surface area contributed by atoms with Crippen molar-refractivity contribution in [3.05, 3.63) is 42.0 Å². The second-order valence-corrected chi connectivity index (χ2v) is 5.33. The molecule has 1 fully saturated rings. The summed E-state index contributed by atoms with van der Waals surface area (Å²) in [5.41, 5.74) is 1.13. The Balaban J connectivity index is 1.67. The molecule has 2 aromatic rings. The van der Waals surface area contributed by atoms with Gasteiger partial charge in [0.1, 0.15) is 5.75 Å². The van der Waals surface area contributed by atoms with E-state index in [-0.39, 0.29) is 11.9 Å². The third-order valence-corrected chi connectivity index (χ3v) is 3.67. The summed E-state index contributed by atoms with van der Waals surface area (Å²) in [5.74, 6) is 0.131. The Labute approximate surface area is 128 Å². The van der Waals surface area contributed by atoms with Gasteiger partial charge in [0, 0.05) is 12.3 Å². The number of halogens is 1. The fraction of sp³-hybridized carbons (Fsp3) is 0.375. The van der Waals surface area contributed by atoms with Crippen LogP contribution < -0.4 is 5.32 Å². The van der Waals surface area contributed by atoms with Crippen LogP contribution in [0.1, 0.15) is 25.0 Å². The molecule has 0 aliphatic carbocycles. The lowest BCUT2D eigenvalue weighted by Crippen LogP contribution is -2.09. The van der Waals surface area contributed by atoms with Crippen LogP contribution in [0.3, 0.4) is 0 Å². The van der Waals surface area contributed by atoms with Gasteiger partial charge in [-0.1, -0.05) is 0 Å². The van der Waals surface area contributed by atoms with Gasteiger partial charge in [-0.05, 0) is 49.9 Å². The van der Waals surface area contributed by atoms with Gasteiger partial charge in [0.15, 0.2) is 5.82 Å². The van der Waals surface area contributed by atoms with Crippen LogP contribution in [0.25, 0.3) is 0 Å². The van der Waals surface area contributed by atoms with Crippen LogP contribution in [0.15, 0.2) is 30.5 Å². The van der Waals surface area contributed by atoms with E-state index in [0.717, 1.165) is 31.6 Å². The van der Waals surface area contributed by atoms with Crippen LogP contribution in [0.2, 0.25) is 0 Å². The summed E-state index contributed by atoms with van der Waals surface area (Å²) in [6.45, 7) is 0.796. The number of aromatic nitrogens is 2. The van der Waals surface area contributed by atoms with Crippen molar-refractivity contribution in [2.75, 3.05) is 11.9 Å². The molecular weight excluding hydrogens is 285 g/mol. The third kappa shape index (κ3) is 3.71. The molecule has 1 aromatic heterocycles. The highest BCUT2D eigenvalue weighted by atomic mass is 19.1. The first-order chi connectivity index (χ1) is 10.7. The zero-order chi connectivity index (χ0) is 15.4. The molecule has 0 saturated carbocycles. The summed E-state index contributed by atoms with van der Waals surface area (Å²) >= 11 is 0. The quantitative estimate of drug-likeness (QED) is 0.830. The van der Waals surface area contributed by atoms with Crippen LogP contribution in [0.4, 0.5) is 16.0 Å². The number of aryl methyl sites for hydroxylation is 1. The van der Waals surface area contributed by atoms with E-state index in [1.807, 2.05) is 0 Å². The molecule has 3 rings (SSSR count). The maximum Gasteiger partial charge on any atom is 0.227 e. The first-order valence-corrected chi connectivity index (χ1v) is 7.40. The molecule has 1 atom stereocenters. The number of ether oxygens (including phenoxy) is 1. The third-order valence-electron chi connectivity index (χ3n) is 3.67. The van der Waals surface area contributed by atoms with E-state index in [4.69, 9.17) is 4.74 Å². The average Bonchev–Trinajstić information content (AvgIpc) is 3.03. The fourth-order valence-electron chi connectivity index (χ4n) is 2.48. The first kappa shape index (κ1) is 14.7. The molecule has 0 radical (unpaired) electrons. The number of phenolic OH excluding ortho intramolecular Hbond substituents is 1. The molecule has 1 aliphatic rings. The molecule has 5 nitrogen and oxygen atoms in total. The van der Waals surface area contributed by atoms with Crippen molar-refractivity contribution in [1.82, 2.24) is 9.97 Å². The van der Waals surface area contributed by atoms with Gasteiger partial charge in [-0.25, -0.2) is 14.4 Å². The van der Waals surface area contributed by atoms with Crippen LogP contribution >= 0.6 is 0 Å². The van der Waals surface area contributed by atoms with Gasteiger partial charge in [0.2, 0.25) is 5.95 Å². The maximum atomic E-state index is 13.8. The van der Waals surface area contributed by atoms with Crippen LogP contribution in [0, 0.1) is 5.82 Å². The predicted molar refractivity (Wildman–Crippen MR) is 80.7 cm³/mol. The topological polar surface area (TPSA) is 67.3 Å². The van der Waals surface area contributed by atoms with Gasteiger partial charge in [0.25, 0.3) is 0 Å². The summed E-state index contributed by atoms with van der Waals surface area (Å²) < 4.78 is 19.4. The Morgan fingerprint density at radius 2 is 2.14 bits per heavy atom. The average molecular weight is 303 g/mol. The van der Waals surface area contributed by atoms with E-state index >= 15 is 0 Å². The standard InChI is InChI=1S/C16H18FN3O2/c17-14-10-18-16(19-11-3-5-12(21)6-4-11)20-15(14)8-7-13-2-1-9-22-13/h3-6,10,13,21H,1-2,7-9H2,(H,18,19,20). The second-order valence-electron chi connectivity index (χ2n) is 5.33. The van der Waals surface area contributed by atoms with E-state index in [0.29, 0.717) is 18.1 Å². The SMILES string of the molecule is Oc1ccc(Nc2ncc(F)c(CCC3CCCO3)n2)cc1. The van der Waals surface area contributed by atoms with Crippen molar-refractivity contribution in [1.29, 1.82) is 0 Å². The van der Waals surface area contributed by atoms with Crippen LogP contribution in [-0.2, 0) is 11.2 Å². The molecule has 0 spiro atoms. The van der Waals surface area contributed by atoms with Crippen LogP contribution in [-0.4, -0.2) is 27.8 Å². The highest BCUT2D eigenvalue weighted by Gasteiger charge is 2.17. The Bertz CT molecular complexity index is 628. The van der Waals surface area contributed by atoms with Crippen molar-refractivity contribution in [3.63, 3.8) is 0 Å². The number of hydrogen-bond acceptors (Lipinski definition) is 5. The lowest BCUT2D eigenvalue weighted by atomic mass is 10.1. The lowest BCUT2D eigenvalue weighted by Gasteiger charge is -2.10.